The zero-order valence-electron chi connectivity index (χ0n) is 15.6. The molecule has 0 spiro atoms. The number of nitrogens with one attached hydrogen (secondary N) is 1. The van der Waals surface area contributed by atoms with Gasteiger partial charge in [-0.15, -0.1) is 0 Å². The van der Waals surface area contributed by atoms with Crippen molar-refractivity contribution in [2.45, 2.75) is 12.5 Å². The van der Waals surface area contributed by atoms with Crippen LogP contribution in [-0.4, -0.2) is 67.9 Å². The van der Waals surface area contributed by atoms with E-state index in [9.17, 15) is 13.2 Å². The highest BCUT2D eigenvalue weighted by atomic mass is 32.2. The predicted molar refractivity (Wildman–Crippen MR) is 109 cm³/mol. The molecule has 28 heavy (non-hydrogen) atoms. The lowest BCUT2D eigenvalue weighted by Gasteiger charge is -2.26. The van der Waals surface area contributed by atoms with Gasteiger partial charge in [0.1, 0.15) is 5.82 Å². The third kappa shape index (κ3) is 4.27. The molecule has 2 fully saturated rings. The largest absolute Gasteiger partial charge is 0.380 e. The fraction of sp³-hybridized carbons (Fsp3) is 0.400. The molecule has 0 saturated carbocycles. The Bertz CT molecular complexity index is 918. The maximum absolute atomic E-state index is 12.6. The standard InChI is InChI=1S/C20H24N4O3S/c25-20(23-10-12-28(26,27)13-11-23)16-6-7-19(21-14-16)24-9-8-18(15-24)22-17-4-2-1-3-5-17/h1-7,14,18,22H,8-13,15H2. The summed E-state index contributed by atoms with van der Waals surface area (Å²) < 4.78 is 23.1. The maximum atomic E-state index is 12.6. The monoisotopic (exact) mass is 400 g/mol. The highest BCUT2D eigenvalue weighted by Crippen LogP contribution is 2.21. The van der Waals surface area contributed by atoms with Gasteiger partial charge in [-0.25, -0.2) is 13.4 Å². The second-order valence-electron chi connectivity index (χ2n) is 7.29. The van der Waals surface area contributed by atoms with E-state index in [0.29, 0.717) is 11.6 Å². The van der Waals surface area contributed by atoms with E-state index in [0.717, 1.165) is 31.0 Å². The number of anilines is 2. The second-order valence-corrected chi connectivity index (χ2v) is 9.59. The summed E-state index contributed by atoms with van der Waals surface area (Å²) in [7, 11) is -3.00. The molecule has 3 heterocycles. The Balaban J connectivity index is 1.35. The van der Waals surface area contributed by atoms with Gasteiger partial charge in [0, 0.05) is 44.1 Å². The van der Waals surface area contributed by atoms with Crippen LogP contribution in [0, 0.1) is 0 Å². The number of benzene rings is 1. The molecular weight excluding hydrogens is 376 g/mol. The molecule has 148 valence electrons. The third-order valence-electron chi connectivity index (χ3n) is 5.28. The Kier molecular flexibility index (Phi) is 5.21. The average molecular weight is 401 g/mol. The second kappa shape index (κ2) is 7.79. The minimum Gasteiger partial charge on any atom is -0.380 e. The van der Waals surface area contributed by atoms with Gasteiger partial charge in [0.05, 0.1) is 17.1 Å². The first-order valence-corrected chi connectivity index (χ1v) is 11.3. The molecule has 2 saturated heterocycles. The van der Waals surface area contributed by atoms with E-state index in [1.54, 1.807) is 17.2 Å². The number of carbonyl (C=O) groups excluding carboxylic acids is 1. The van der Waals surface area contributed by atoms with Gasteiger partial charge in [0.15, 0.2) is 9.84 Å². The molecule has 4 rings (SSSR count). The minimum absolute atomic E-state index is 0.0355. The Morgan fingerprint density at radius 3 is 2.46 bits per heavy atom. The van der Waals surface area contributed by atoms with Crippen molar-refractivity contribution in [3.8, 4) is 0 Å². The molecule has 0 radical (unpaired) electrons. The van der Waals surface area contributed by atoms with Crippen molar-refractivity contribution in [3.05, 3.63) is 54.2 Å². The summed E-state index contributed by atoms with van der Waals surface area (Å²) in [4.78, 5) is 20.8. The van der Waals surface area contributed by atoms with Crippen LogP contribution in [0.3, 0.4) is 0 Å². The fourth-order valence-corrected chi connectivity index (χ4v) is 4.86. The molecule has 2 aromatic rings. The Morgan fingerprint density at radius 2 is 1.79 bits per heavy atom. The molecule has 1 N–H and O–H groups in total. The van der Waals surface area contributed by atoms with Crippen molar-refractivity contribution in [2.75, 3.05) is 47.9 Å². The summed E-state index contributed by atoms with van der Waals surface area (Å²) in [5.41, 5.74) is 1.62. The number of aromatic nitrogens is 1. The SMILES string of the molecule is O=C(c1ccc(N2CCC(Nc3ccccc3)C2)nc1)N1CCS(=O)(=O)CC1. The van der Waals surface area contributed by atoms with Gasteiger partial charge in [-0.1, -0.05) is 18.2 Å². The third-order valence-corrected chi connectivity index (χ3v) is 6.89. The number of pyridine rings is 1. The summed E-state index contributed by atoms with van der Waals surface area (Å²) in [6.07, 6.45) is 2.62. The van der Waals surface area contributed by atoms with Gasteiger partial charge >= 0.3 is 0 Å². The van der Waals surface area contributed by atoms with E-state index < -0.39 is 9.84 Å². The predicted octanol–water partition coefficient (Wildman–Crippen LogP) is 1.64. The van der Waals surface area contributed by atoms with Crippen molar-refractivity contribution in [2.24, 2.45) is 0 Å². The van der Waals surface area contributed by atoms with Crippen LogP contribution in [0.1, 0.15) is 16.8 Å². The molecular formula is C20H24N4O3S. The number of para-hydroxylation sites is 1. The zero-order chi connectivity index (χ0) is 19.6. The zero-order valence-corrected chi connectivity index (χ0v) is 16.4. The molecule has 2 aliphatic rings. The first-order valence-electron chi connectivity index (χ1n) is 9.52. The normalized spacial score (nSPS) is 21.5. The molecule has 2 aliphatic heterocycles. The number of amides is 1. The van der Waals surface area contributed by atoms with E-state index in [2.05, 4.69) is 27.3 Å². The number of carbonyl (C=O) groups is 1. The summed E-state index contributed by atoms with van der Waals surface area (Å²) in [6.45, 7) is 2.28. The minimum atomic E-state index is -3.00. The number of sulfone groups is 1. The average Bonchev–Trinajstić information content (AvgIpc) is 3.17. The molecule has 1 aromatic carbocycles. The van der Waals surface area contributed by atoms with Crippen LogP contribution in [0.4, 0.5) is 11.5 Å². The van der Waals surface area contributed by atoms with E-state index in [4.69, 9.17) is 0 Å². The molecule has 8 heteroatoms. The van der Waals surface area contributed by atoms with Crippen molar-refractivity contribution >= 4 is 27.2 Å². The van der Waals surface area contributed by atoms with Gasteiger partial charge in [0.2, 0.25) is 0 Å². The fourth-order valence-electron chi connectivity index (χ4n) is 3.65. The highest BCUT2D eigenvalue weighted by molar-refractivity contribution is 7.91. The quantitative estimate of drug-likeness (QED) is 0.840. The molecule has 7 nitrogen and oxygen atoms in total. The summed E-state index contributed by atoms with van der Waals surface area (Å²) >= 11 is 0. The van der Waals surface area contributed by atoms with E-state index in [1.165, 1.54) is 0 Å². The molecule has 0 aliphatic carbocycles. The molecule has 1 atom stereocenters. The van der Waals surface area contributed by atoms with Gasteiger partial charge in [0.25, 0.3) is 5.91 Å². The smallest absolute Gasteiger partial charge is 0.255 e. The van der Waals surface area contributed by atoms with Crippen molar-refractivity contribution in [1.82, 2.24) is 9.88 Å². The summed E-state index contributed by atoms with van der Waals surface area (Å²) in [5.74, 6) is 0.774. The lowest BCUT2D eigenvalue weighted by Crippen LogP contribution is -2.43. The summed E-state index contributed by atoms with van der Waals surface area (Å²) in [5, 5.41) is 3.54. The van der Waals surface area contributed by atoms with Gasteiger partial charge in [-0.2, -0.15) is 0 Å². The van der Waals surface area contributed by atoms with Crippen LogP contribution in [0.5, 0.6) is 0 Å². The van der Waals surface area contributed by atoms with Crippen LogP contribution in [-0.2, 0) is 9.84 Å². The van der Waals surface area contributed by atoms with E-state index in [1.807, 2.05) is 24.3 Å². The number of hydrogen-bond donors (Lipinski definition) is 1. The van der Waals surface area contributed by atoms with Crippen LogP contribution >= 0.6 is 0 Å². The van der Waals surface area contributed by atoms with Crippen LogP contribution in [0.25, 0.3) is 0 Å². The number of rotatable bonds is 4. The van der Waals surface area contributed by atoms with Crippen molar-refractivity contribution in [3.63, 3.8) is 0 Å². The Morgan fingerprint density at radius 1 is 1.04 bits per heavy atom. The number of nitrogens with zero attached hydrogens (tertiary/aromatic N) is 3. The van der Waals surface area contributed by atoms with Crippen LogP contribution < -0.4 is 10.2 Å². The maximum Gasteiger partial charge on any atom is 0.255 e. The topological polar surface area (TPSA) is 82.6 Å². The van der Waals surface area contributed by atoms with Gasteiger partial charge in [-0.3, -0.25) is 4.79 Å². The molecule has 1 aromatic heterocycles. The first-order chi connectivity index (χ1) is 13.5. The van der Waals surface area contributed by atoms with Gasteiger partial charge in [-0.05, 0) is 30.7 Å². The van der Waals surface area contributed by atoms with Crippen molar-refractivity contribution < 1.29 is 13.2 Å². The highest BCUT2D eigenvalue weighted by Gasteiger charge is 2.27. The lowest BCUT2D eigenvalue weighted by molar-refractivity contribution is 0.0770. The lowest BCUT2D eigenvalue weighted by atomic mass is 10.2. The Hall–Kier alpha value is -2.61. The van der Waals surface area contributed by atoms with E-state index in [-0.39, 0.29) is 30.5 Å². The van der Waals surface area contributed by atoms with E-state index >= 15 is 0 Å². The molecule has 1 amide bonds. The Labute approximate surface area is 165 Å². The number of hydrogen-bond acceptors (Lipinski definition) is 6. The van der Waals surface area contributed by atoms with Crippen LogP contribution in [0.2, 0.25) is 0 Å². The molecule has 1 unspecified atom stereocenters. The van der Waals surface area contributed by atoms with Gasteiger partial charge < -0.3 is 15.1 Å². The van der Waals surface area contributed by atoms with Crippen LogP contribution in [0.15, 0.2) is 48.7 Å². The summed E-state index contributed by atoms with van der Waals surface area (Å²) in [6, 6.07) is 14.2. The first kappa shape index (κ1) is 18.7. The van der Waals surface area contributed by atoms with Crippen molar-refractivity contribution in [1.29, 1.82) is 0 Å². The molecule has 0 bridgehead atoms.